The maximum absolute atomic E-state index is 11.2. The van der Waals surface area contributed by atoms with Gasteiger partial charge in [0.15, 0.2) is 0 Å². The SMILES string of the molecule is COc1ccc(Cl)cc1CCN(C)C(=O)NN. The van der Waals surface area contributed by atoms with Crippen LogP contribution in [0.5, 0.6) is 5.75 Å². The van der Waals surface area contributed by atoms with Crippen molar-refractivity contribution in [1.82, 2.24) is 10.3 Å². The first-order valence-corrected chi connectivity index (χ1v) is 5.50. The molecule has 0 spiro atoms. The van der Waals surface area contributed by atoms with Crippen molar-refractivity contribution in [3.05, 3.63) is 28.8 Å². The van der Waals surface area contributed by atoms with Crippen molar-refractivity contribution in [1.29, 1.82) is 0 Å². The third-order valence-corrected chi connectivity index (χ3v) is 2.66. The lowest BCUT2D eigenvalue weighted by Crippen LogP contribution is -2.41. The van der Waals surface area contributed by atoms with E-state index in [1.54, 1.807) is 26.3 Å². The minimum Gasteiger partial charge on any atom is -0.496 e. The molecule has 1 rings (SSSR count). The summed E-state index contributed by atoms with van der Waals surface area (Å²) in [4.78, 5) is 12.7. The van der Waals surface area contributed by atoms with Crippen LogP contribution in [0.15, 0.2) is 18.2 Å². The van der Waals surface area contributed by atoms with Gasteiger partial charge in [-0.05, 0) is 30.2 Å². The summed E-state index contributed by atoms with van der Waals surface area (Å²) in [6, 6.07) is 5.07. The molecule has 0 atom stereocenters. The summed E-state index contributed by atoms with van der Waals surface area (Å²) in [6.45, 7) is 0.528. The first-order chi connectivity index (χ1) is 8.08. The highest BCUT2D eigenvalue weighted by Gasteiger charge is 2.09. The Hall–Kier alpha value is -1.46. The Balaban J connectivity index is 2.68. The number of amides is 2. The van der Waals surface area contributed by atoms with Gasteiger partial charge in [0.05, 0.1) is 7.11 Å². The molecule has 0 aliphatic rings. The molecule has 0 saturated heterocycles. The lowest BCUT2D eigenvalue weighted by molar-refractivity contribution is 0.209. The van der Waals surface area contributed by atoms with Crippen LogP contribution in [0.3, 0.4) is 0 Å². The van der Waals surface area contributed by atoms with E-state index >= 15 is 0 Å². The number of urea groups is 1. The number of hydrazine groups is 1. The second-order valence-corrected chi connectivity index (χ2v) is 4.01. The van der Waals surface area contributed by atoms with Crippen molar-refractivity contribution < 1.29 is 9.53 Å². The van der Waals surface area contributed by atoms with Gasteiger partial charge in [0.1, 0.15) is 5.75 Å². The van der Waals surface area contributed by atoms with Crippen molar-refractivity contribution in [2.45, 2.75) is 6.42 Å². The van der Waals surface area contributed by atoms with Gasteiger partial charge in [0.2, 0.25) is 0 Å². The van der Waals surface area contributed by atoms with Crippen molar-refractivity contribution >= 4 is 17.6 Å². The number of nitrogens with zero attached hydrogens (tertiary/aromatic N) is 1. The summed E-state index contributed by atoms with van der Waals surface area (Å²) in [5, 5.41) is 0.645. The second kappa shape index (κ2) is 6.32. The molecule has 3 N–H and O–H groups in total. The van der Waals surface area contributed by atoms with Gasteiger partial charge in [-0.25, -0.2) is 10.6 Å². The first kappa shape index (κ1) is 13.6. The molecule has 0 saturated carbocycles. The van der Waals surface area contributed by atoms with Gasteiger partial charge in [-0.1, -0.05) is 11.6 Å². The average molecular weight is 258 g/mol. The highest BCUT2D eigenvalue weighted by Crippen LogP contribution is 2.23. The molecular weight excluding hydrogens is 242 g/mol. The quantitative estimate of drug-likeness (QED) is 0.487. The molecule has 0 unspecified atom stereocenters. The number of carbonyl (C=O) groups is 1. The normalized spacial score (nSPS) is 9.88. The van der Waals surface area contributed by atoms with Gasteiger partial charge in [0, 0.05) is 18.6 Å². The third-order valence-electron chi connectivity index (χ3n) is 2.43. The van der Waals surface area contributed by atoms with E-state index in [0.717, 1.165) is 11.3 Å². The van der Waals surface area contributed by atoms with Gasteiger partial charge < -0.3 is 9.64 Å². The van der Waals surface area contributed by atoms with Crippen LogP contribution in [0, 0.1) is 0 Å². The zero-order valence-corrected chi connectivity index (χ0v) is 10.6. The number of hydrogen-bond acceptors (Lipinski definition) is 3. The molecule has 0 bridgehead atoms. The number of nitrogens with two attached hydrogens (primary N) is 1. The zero-order valence-electron chi connectivity index (χ0n) is 9.87. The maximum Gasteiger partial charge on any atom is 0.331 e. The van der Waals surface area contributed by atoms with E-state index in [4.69, 9.17) is 22.2 Å². The summed E-state index contributed by atoms with van der Waals surface area (Å²) >= 11 is 5.91. The Morgan fingerprint density at radius 1 is 1.59 bits per heavy atom. The monoisotopic (exact) mass is 257 g/mol. The van der Waals surface area contributed by atoms with E-state index in [1.807, 2.05) is 6.07 Å². The molecule has 6 heteroatoms. The fraction of sp³-hybridized carbons (Fsp3) is 0.364. The van der Waals surface area contributed by atoms with Crippen LogP contribution in [0.2, 0.25) is 5.02 Å². The smallest absolute Gasteiger partial charge is 0.331 e. The highest BCUT2D eigenvalue weighted by atomic mass is 35.5. The highest BCUT2D eigenvalue weighted by molar-refractivity contribution is 6.30. The van der Waals surface area contributed by atoms with Crippen molar-refractivity contribution in [3.8, 4) is 5.75 Å². The molecule has 0 aromatic heterocycles. The fourth-order valence-electron chi connectivity index (χ4n) is 1.44. The number of methoxy groups -OCH3 is 1. The van der Waals surface area contributed by atoms with Gasteiger partial charge in [-0.15, -0.1) is 0 Å². The summed E-state index contributed by atoms with van der Waals surface area (Å²) in [6.07, 6.45) is 0.646. The molecule has 0 fully saturated rings. The number of rotatable bonds is 4. The minimum absolute atomic E-state index is 0.328. The van der Waals surface area contributed by atoms with Crippen molar-refractivity contribution in [2.24, 2.45) is 5.84 Å². The number of benzene rings is 1. The number of halogens is 1. The molecule has 1 aromatic rings. The summed E-state index contributed by atoms with van der Waals surface area (Å²) < 4.78 is 5.22. The van der Waals surface area contributed by atoms with Crippen molar-refractivity contribution in [2.75, 3.05) is 20.7 Å². The Labute approximate surface area is 105 Å². The van der Waals surface area contributed by atoms with Crippen LogP contribution in [-0.2, 0) is 6.42 Å². The Kier molecular flexibility index (Phi) is 5.06. The van der Waals surface area contributed by atoms with Gasteiger partial charge in [0.25, 0.3) is 0 Å². The fourth-order valence-corrected chi connectivity index (χ4v) is 1.64. The maximum atomic E-state index is 11.2. The molecule has 0 heterocycles. The van der Waals surface area contributed by atoms with Crippen LogP contribution in [0.1, 0.15) is 5.56 Å². The average Bonchev–Trinajstić information content (AvgIpc) is 2.35. The molecule has 0 aliphatic carbocycles. The standard InChI is InChI=1S/C11H16ClN3O2/c1-15(11(16)14-13)6-5-8-7-9(12)3-4-10(8)17-2/h3-4,7H,5-6,13H2,1-2H3,(H,14,16). The number of likely N-dealkylation sites (N-methyl/N-ethyl adjacent to an activating group) is 1. The van der Waals surface area contributed by atoms with Gasteiger partial charge in [-0.2, -0.15) is 0 Å². The molecule has 94 valence electrons. The van der Waals surface area contributed by atoms with E-state index in [1.165, 1.54) is 4.90 Å². The number of hydrogen-bond donors (Lipinski definition) is 2. The topological polar surface area (TPSA) is 67.6 Å². The van der Waals surface area contributed by atoms with Crippen LogP contribution in [0.25, 0.3) is 0 Å². The Morgan fingerprint density at radius 2 is 2.29 bits per heavy atom. The van der Waals surface area contributed by atoms with Crippen LogP contribution in [-0.4, -0.2) is 31.6 Å². The predicted octanol–water partition coefficient (Wildman–Crippen LogP) is 1.41. The molecule has 17 heavy (non-hydrogen) atoms. The molecule has 2 amide bonds. The number of carbonyl (C=O) groups excluding carboxylic acids is 1. The lowest BCUT2D eigenvalue weighted by atomic mass is 10.1. The van der Waals surface area contributed by atoms with Crippen LogP contribution < -0.4 is 16.0 Å². The number of ether oxygens (including phenoxy) is 1. The third kappa shape index (κ3) is 3.80. The molecule has 1 aromatic carbocycles. The largest absolute Gasteiger partial charge is 0.496 e. The lowest BCUT2D eigenvalue weighted by Gasteiger charge is -2.17. The first-order valence-electron chi connectivity index (χ1n) is 5.12. The van der Waals surface area contributed by atoms with E-state index in [-0.39, 0.29) is 6.03 Å². The van der Waals surface area contributed by atoms with Gasteiger partial charge >= 0.3 is 6.03 Å². The Bertz CT molecular complexity index is 398. The molecule has 5 nitrogen and oxygen atoms in total. The van der Waals surface area contributed by atoms with Crippen molar-refractivity contribution in [3.63, 3.8) is 0 Å². The van der Waals surface area contributed by atoms with E-state index < -0.39 is 0 Å². The molecule has 0 radical (unpaired) electrons. The van der Waals surface area contributed by atoms with E-state index in [9.17, 15) is 4.79 Å². The summed E-state index contributed by atoms with van der Waals surface area (Å²) in [5.41, 5.74) is 3.03. The molecule has 0 aliphatic heterocycles. The van der Waals surface area contributed by atoms with E-state index in [2.05, 4.69) is 5.43 Å². The second-order valence-electron chi connectivity index (χ2n) is 3.58. The number of nitrogens with one attached hydrogen (secondary N) is 1. The zero-order chi connectivity index (χ0) is 12.8. The summed E-state index contributed by atoms with van der Waals surface area (Å²) in [7, 11) is 3.27. The summed E-state index contributed by atoms with van der Waals surface area (Å²) in [5.74, 6) is 5.80. The molecular formula is C11H16ClN3O2. The predicted molar refractivity (Wildman–Crippen MR) is 67.1 cm³/mol. The van der Waals surface area contributed by atoms with Crippen LogP contribution >= 0.6 is 11.6 Å². The Morgan fingerprint density at radius 3 is 2.88 bits per heavy atom. The van der Waals surface area contributed by atoms with E-state index in [0.29, 0.717) is 18.0 Å². The minimum atomic E-state index is -0.328. The van der Waals surface area contributed by atoms with Crippen LogP contribution in [0.4, 0.5) is 4.79 Å². The van der Waals surface area contributed by atoms with Gasteiger partial charge in [-0.3, -0.25) is 5.43 Å².